The highest BCUT2D eigenvalue weighted by Gasteiger charge is 2.40. The number of aromatic nitrogens is 3. The van der Waals surface area contributed by atoms with Gasteiger partial charge in [-0.3, -0.25) is 9.59 Å². The van der Waals surface area contributed by atoms with Crippen LogP contribution < -0.4 is 10.6 Å². The molecule has 1 saturated carbocycles. The van der Waals surface area contributed by atoms with E-state index in [0.717, 1.165) is 103 Å². The van der Waals surface area contributed by atoms with E-state index in [0.29, 0.717) is 6.54 Å². The number of nitrogens with one attached hydrogen (secondary N) is 4. The minimum Gasteiger partial charge on any atom is -0.453 e. The van der Waals surface area contributed by atoms with Gasteiger partial charge in [0, 0.05) is 29.8 Å². The highest BCUT2D eigenvalue weighted by atomic mass is 16.5. The van der Waals surface area contributed by atoms with Crippen molar-refractivity contribution in [3.8, 4) is 33.6 Å². The van der Waals surface area contributed by atoms with Crippen LogP contribution in [0.3, 0.4) is 0 Å². The number of hydrogen-bond donors (Lipinski definition) is 4. The zero-order chi connectivity index (χ0) is 41.1. The third kappa shape index (κ3) is 8.29. The number of rotatable bonds is 12. The molecule has 0 spiro atoms. The van der Waals surface area contributed by atoms with Crippen LogP contribution in [0.2, 0.25) is 0 Å². The summed E-state index contributed by atoms with van der Waals surface area (Å²) in [6.07, 6.45) is 9.17. The molecule has 0 bridgehead atoms. The lowest BCUT2D eigenvalue weighted by atomic mass is 9.73. The number of hydrogen-bond acceptors (Lipinski definition) is 7. The summed E-state index contributed by atoms with van der Waals surface area (Å²) in [5.74, 6) is 0.372. The van der Waals surface area contributed by atoms with Crippen LogP contribution >= 0.6 is 0 Å². The first kappa shape index (κ1) is 40.8. The number of nitrogens with zero attached hydrogens (tertiary/aromatic N) is 2. The maximum absolute atomic E-state index is 13.9. The quantitative estimate of drug-likeness (QED) is 0.112. The predicted octanol–water partition coefficient (Wildman–Crippen LogP) is 8.50. The fourth-order valence-corrected chi connectivity index (χ4v) is 9.47. The molecule has 1 saturated heterocycles. The SMILES string of the molecule is COC(=O)NC(C(=O)[C@H]1CCCC[C@H]1c1ncc(-c2ccc(-c3ccc(-c4[nH]c([C@@H]5CCCN5C(=O)C(NC(=O)OC)C(C)C)c5c4CCC5)cc3)cc2)[nH]1)C(C)C. The van der Waals surface area contributed by atoms with Crippen molar-refractivity contribution in [1.82, 2.24) is 30.5 Å². The van der Waals surface area contributed by atoms with E-state index < -0.39 is 24.3 Å². The van der Waals surface area contributed by atoms with Crippen LogP contribution in [0.1, 0.15) is 107 Å². The Labute approximate surface area is 341 Å². The fraction of sp³-hybridized carbons (Fsp3) is 0.500. The number of Topliss-reactive ketones (excluding diaryl/α,β-unsaturated/α-hetero) is 1. The number of benzene rings is 2. The van der Waals surface area contributed by atoms with Crippen LogP contribution in [0.5, 0.6) is 0 Å². The molecule has 0 radical (unpaired) electrons. The van der Waals surface area contributed by atoms with E-state index in [9.17, 15) is 19.2 Å². The zero-order valence-corrected chi connectivity index (χ0v) is 34.7. The van der Waals surface area contributed by atoms with Crippen molar-refractivity contribution in [3.63, 3.8) is 0 Å². The largest absolute Gasteiger partial charge is 0.453 e. The van der Waals surface area contributed by atoms with Gasteiger partial charge in [-0.15, -0.1) is 0 Å². The van der Waals surface area contributed by atoms with E-state index in [1.165, 1.54) is 25.3 Å². The molecule has 7 rings (SSSR count). The second-order valence-corrected chi connectivity index (χ2v) is 16.9. The van der Waals surface area contributed by atoms with Crippen molar-refractivity contribution in [2.75, 3.05) is 20.8 Å². The zero-order valence-electron chi connectivity index (χ0n) is 34.7. The van der Waals surface area contributed by atoms with Gasteiger partial charge in [-0.25, -0.2) is 14.6 Å². The maximum Gasteiger partial charge on any atom is 0.407 e. The number of H-pyrrole nitrogens is 2. The number of methoxy groups -OCH3 is 2. The molecule has 58 heavy (non-hydrogen) atoms. The van der Waals surface area contributed by atoms with Gasteiger partial charge in [0.25, 0.3) is 0 Å². The molecule has 4 N–H and O–H groups in total. The summed E-state index contributed by atoms with van der Waals surface area (Å²) >= 11 is 0. The molecule has 3 heterocycles. The smallest absolute Gasteiger partial charge is 0.407 e. The normalized spacial score (nSPS) is 20.1. The van der Waals surface area contributed by atoms with E-state index in [2.05, 4.69) is 69.1 Å². The third-order valence-corrected chi connectivity index (χ3v) is 12.6. The molecule has 2 aromatic carbocycles. The topological polar surface area (TPSA) is 159 Å². The Balaban J connectivity index is 1.06. The third-order valence-electron chi connectivity index (χ3n) is 12.6. The summed E-state index contributed by atoms with van der Waals surface area (Å²) in [5.41, 5.74) is 10.2. The van der Waals surface area contributed by atoms with Gasteiger partial charge in [-0.2, -0.15) is 0 Å². The first-order valence-corrected chi connectivity index (χ1v) is 21.0. The van der Waals surface area contributed by atoms with Crippen LogP contribution in [0.4, 0.5) is 9.59 Å². The number of likely N-dealkylation sites (tertiary alicyclic amines) is 1. The molecular formula is C46H58N6O6. The number of ketones is 1. The fourth-order valence-electron chi connectivity index (χ4n) is 9.47. The molecule has 308 valence electrons. The minimum atomic E-state index is -0.650. The first-order valence-electron chi connectivity index (χ1n) is 21.0. The average molecular weight is 791 g/mol. The lowest BCUT2D eigenvalue weighted by Crippen LogP contribution is -2.51. The molecule has 2 unspecified atom stereocenters. The first-order chi connectivity index (χ1) is 28.0. The lowest BCUT2D eigenvalue weighted by Gasteiger charge is -2.33. The van der Waals surface area contributed by atoms with E-state index in [1.807, 2.05) is 38.8 Å². The summed E-state index contributed by atoms with van der Waals surface area (Å²) in [5, 5.41) is 5.53. The standard InChI is InChI=1S/C46H58N6O6/c1-26(2)38(50-45(55)57-5)42(53)34-11-7-8-12-35(34)43-47-25-36(48-43)30-20-16-28(17-21-30)29-18-22-31(23-19-29)40-32-13-9-14-33(32)41(49-40)37-15-10-24-52(37)44(54)39(27(3)4)51-46(56)58-6/h16-23,25-27,34-35,37-39,49H,7-15,24H2,1-6H3,(H,47,48)(H,50,55)(H,51,56)/t34-,35+,37-,38?,39?/m0/s1. The predicted molar refractivity (Wildman–Crippen MR) is 223 cm³/mol. The molecule has 4 aromatic rings. The second-order valence-electron chi connectivity index (χ2n) is 16.9. The van der Waals surface area contributed by atoms with Crippen LogP contribution in [0.15, 0.2) is 54.7 Å². The maximum atomic E-state index is 13.9. The van der Waals surface area contributed by atoms with Gasteiger partial charge in [-0.1, -0.05) is 89.1 Å². The van der Waals surface area contributed by atoms with Crippen molar-refractivity contribution in [3.05, 3.63) is 77.4 Å². The Morgan fingerprint density at radius 1 is 0.707 bits per heavy atom. The highest BCUT2D eigenvalue weighted by Crippen LogP contribution is 2.43. The molecule has 2 aliphatic carbocycles. The number of aromatic amines is 2. The van der Waals surface area contributed by atoms with Crippen LogP contribution in [-0.2, 0) is 31.9 Å². The number of ether oxygens (including phenoxy) is 2. The summed E-state index contributed by atoms with van der Waals surface area (Å²) in [6, 6.07) is 15.8. The molecule has 1 aliphatic heterocycles. The summed E-state index contributed by atoms with van der Waals surface area (Å²) in [6.45, 7) is 8.43. The van der Waals surface area contributed by atoms with Gasteiger partial charge in [0.05, 0.1) is 38.2 Å². The summed E-state index contributed by atoms with van der Waals surface area (Å²) in [4.78, 5) is 65.9. The van der Waals surface area contributed by atoms with Crippen molar-refractivity contribution < 1.29 is 28.7 Å². The monoisotopic (exact) mass is 790 g/mol. The number of imidazole rings is 1. The number of fused-ring (bicyclic) bond motifs is 1. The molecule has 12 nitrogen and oxygen atoms in total. The second kappa shape index (κ2) is 17.6. The molecule has 2 fully saturated rings. The van der Waals surface area contributed by atoms with Gasteiger partial charge in [0.15, 0.2) is 5.78 Å². The number of amides is 3. The van der Waals surface area contributed by atoms with Crippen LogP contribution in [-0.4, -0.2) is 76.6 Å². The van der Waals surface area contributed by atoms with Gasteiger partial charge in [-0.05, 0) is 90.2 Å². The Morgan fingerprint density at radius 3 is 1.93 bits per heavy atom. The Kier molecular flexibility index (Phi) is 12.4. The summed E-state index contributed by atoms with van der Waals surface area (Å²) < 4.78 is 9.64. The molecule has 3 aliphatic rings. The van der Waals surface area contributed by atoms with Gasteiger partial charge in [0.1, 0.15) is 11.9 Å². The Hall–Kier alpha value is -5.39. The van der Waals surface area contributed by atoms with Crippen molar-refractivity contribution in [2.24, 2.45) is 17.8 Å². The lowest BCUT2D eigenvalue weighted by molar-refractivity contribution is -0.135. The van der Waals surface area contributed by atoms with Crippen LogP contribution in [0.25, 0.3) is 33.6 Å². The van der Waals surface area contributed by atoms with Crippen molar-refractivity contribution >= 4 is 23.9 Å². The van der Waals surface area contributed by atoms with Crippen LogP contribution in [0, 0.1) is 17.8 Å². The van der Waals surface area contributed by atoms with E-state index in [-0.39, 0.29) is 41.4 Å². The molecule has 3 amide bonds. The number of alkyl carbamates (subject to hydrolysis) is 2. The Bertz CT molecular complexity index is 2100. The molecule has 5 atom stereocenters. The Morgan fingerprint density at radius 2 is 1.29 bits per heavy atom. The van der Waals surface area contributed by atoms with Crippen molar-refractivity contribution in [1.29, 1.82) is 0 Å². The van der Waals surface area contributed by atoms with Gasteiger partial charge in [0.2, 0.25) is 5.91 Å². The van der Waals surface area contributed by atoms with Gasteiger partial charge < -0.3 is 35.0 Å². The van der Waals surface area contributed by atoms with Crippen molar-refractivity contribution in [2.45, 2.75) is 110 Å². The highest BCUT2D eigenvalue weighted by molar-refractivity contribution is 5.90. The summed E-state index contributed by atoms with van der Waals surface area (Å²) in [7, 11) is 2.63. The van der Waals surface area contributed by atoms with E-state index in [1.54, 1.807) is 0 Å². The molecule has 12 heteroatoms. The van der Waals surface area contributed by atoms with E-state index >= 15 is 0 Å². The molecule has 2 aromatic heterocycles. The minimum absolute atomic E-state index is 0.0399. The molecular weight excluding hydrogens is 733 g/mol. The number of carbonyl (C=O) groups is 4. The average Bonchev–Trinajstić information content (AvgIpc) is 4.07. The van der Waals surface area contributed by atoms with E-state index in [4.69, 9.17) is 14.5 Å². The number of carbonyl (C=O) groups excluding carboxylic acids is 4. The van der Waals surface area contributed by atoms with Gasteiger partial charge >= 0.3 is 12.2 Å².